The number of methoxy groups -OCH3 is 1. The number of alkyl carbamates (subject to hydrolysis) is 1. The number of rotatable bonds is 6. The highest BCUT2D eigenvalue weighted by atomic mass is 16.7. The Kier molecular flexibility index (Phi) is 8.00. The van der Waals surface area contributed by atoms with Gasteiger partial charge in [0.2, 0.25) is 5.91 Å². The molecule has 11 heteroatoms. The number of amides is 2. The van der Waals surface area contributed by atoms with Crippen molar-refractivity contribution in [3.8, 4) is 11.3 Å². The van der Waals surface area contributed by atoms with Gasteiger partial charge in [0, 0.05) is 25.3 Å². The third kappa shape index (κ3) is 5.78. The van der Waals surface area contributed by atoms with Crippen molar-refractivity contribution in [2.75, 3.05) is 26.9 Å². The number of H-pyrrole nitrogens is 1. The lowest BCUT2D eigenvalue weighted by Gasteiger charge is -2.34. The summed E-state index contributed by atoms with van der Waals surface area (Å²) in [5.74, 6) is 0.652. The number of carbonyl (C=O) groups is 2. The molecule has 4 heterocycles. The van der Waals surface area contributed by atoms with Crippen LogP contribution in [-0.4, -0.2) is 78.1 Å². The van der Waals surface area contributed by atoms with E-state index in [1.165, 1.54) is 7.11 Å². The molecule has 0 aliphatic carbocycles. The second-order valence-electron chi connectivity index (χ2n) is 12.8. The Hall–Kier alpha value is -3.41. The first-order valence-electron chi connectivity index (χ1n) is 15.2. The summed E-state index contributed by atoms with van der Waals surface area (Å²) in [5, 5.41) is 5.00. The van der Waals surface area contributed by atoms with Gasteiger partial charge in [0.25, 0.3) is 0 Å². The van der Waals surface area contributed by atoms with Crippen LogP contribution in [0.25, 0.3) is 22.0 Å². The molecular formula is C32H41BN4O6. The molecule has 3 aromatic rings. The number of aromatic nitrogens is 2. The van der Waals surface area contributed by atoms with E-state index in [2.05, 4.69) is 74.4 Å². The van der Waals surface area contributed by atoms with Crippen LogP contribution in [0.15, 0.2) is 42.6 Å². The van der Waals surface area contributed by atoms with Crippen LogP contribution < -0.4 is 10.8 Å². The number of likely N-dealkylation sites (tertiary alicyclic amines) is 1. The average Bonchev–Trinajstić information content (AvgIpc) is 3.73. The van der Waals surface area contributed by atoms with Crippen LogP contribution in [0, 0.1) is 5.92 Å². The molecule has 2 atom stereocenters. The van der Waals surface area contributed by atoms with E-state index in [9.17, 15) is 9.59 Å². The van der Waals surface area contributed by atoms with Crippen LogP contribution in [0.1, 0.15) is 65.2 Å². The minimum atomic E-state index is -0.658. The summed E-state index contributed by atoms with van der Waals surface area (Å²) < 4.78 is 22.8. The van der Waals surface area contributed by atoms with Crippen molar-refractivity contribution < 1.29 is 28.4 Å². The molecule has 3 aliphatic heterocycles. The van der Waals surface area contributed by atoms with Gasteiger partial charge in [-0.1, -0.05) is 30.3 Å². The van der Waals surface area contributed by atoms with Crippen LogP contribution in [0.5, 0.6) is 0 Å². The average molecular weight is 589 g/mol. The molecule has 3 fully saturated rings. The van der Waals surface area contributed by atoms with Gasteiger partial charge in [-0.05, 0) is 81.6 Å². The molecule has 2 aromatic carbocycles. The summed E-state index contributed by atoms with van der Waals surface area (Å²) in [6, 6.07) is 11.7. The van der Waals surface area contributed by atoms with Gasteiger partial charge in [-0.3, -0.25) is 4.79 Å². The maximum absolute atomic E-state index is 13.9. The van der Waals surface area contributed by atoms with Crippen LogP contribution in [0.4, 0.5) is 4.79 Å². The first-order chi connectivity index (χ1) is 20.6. The minimum Gasteiger partial charge on any atom is -0.453 e. The van der Waals surface area contributed by atoms with Gasteiger partial charge >= 0.3 is 13.2 Å². The van der Waals surface area contributed by atoms with Crippen LogP contribution >= 0.6 is 0 Å². The van der Waals surface area contributed by atoms with E-state index in [1.54, 1.807) is 0 Å². The molecule has 43 heavy (non-hydrogen) atoms. The van der Waals surface area contributed by atoms with Crippen molar-refractivity contribution in [1.82, 2.24) is 20.2 Å². The highest BCUT2D eigenvalue weighted by Crippen LogP contribution is 2.37. The molecule has 10 nitrogen and oxygen atoms in total. The summed E-state index contributed by atoms with van der Waals surface area (Å²) in [5.41, 5.74) is 2.11. The van der Waals surface area contributed by atoms with E-state index >= 15 is 0 Å². The standard InChI is InChI=1S/C32H41BN4O6/c1-31(2)32(3,4)43-33(42-31)24-11-10-21-17-23(9-8-22(21)18-24)25-19-34-28(35-25)26-7-6-14-37(26)29(38)27(36-30(39)40-5)20-12-15-41-16-13-20/h8-11,17-20,26-27H,6-7,12-16H2,1-5H3,(H,34,35)(H,36,39). The number of hydrogen-bond donors (Lipinski definition) is 2. The second-order valence-corrected chi connectivity index (χ2v) is 12.8. The summed E-state index contributed by atoms with van der Waals surface area (Å²) in [4.78, 5) is 36.1. The number of aromatic amines is 1. The quantitative estimate of drug-likeness (QED) is 0.412. The Labute approximate surface area is 252 Å². The Balaban J connectivity index is 1.20. The third-order valence-corrected chi connectivity index (χ3v) is 9.61. The monoisotopic (exact) mass is 588 g/mol. The number of hydrogen-bond acceptors (Lipinski definition) is 7. The molecule has 1 aromatic heterocycles. The number of ether oxygens (including phenoxy) is 2. The SMILES string of the molecule is COC(=O)NC(C(=O)N1CCCC1c1ncc(-c2ccc3cc(B4OC(C)(C)C(C)(C)O4)ccc3c2)[nH]1)C1CCOCC1. The van der Waals surface area contributed by atoms with Crippen molar-refractivity contribution in [2.24, 2.45) is 5.92 Å². The number of benzene rings is 2. The molecule has 3 saturated heterocycles. The van der Waals surface area contributed by atoms with Gasteiger partial charge < -0.3 is 34.0 Å². The van der Waals surface area contributed by atoms with Crippen molar-refractivity contribution in [1.29, 1.82) is 0 Å². The van der Waals surface area contributed by atoms with Crippen molar-refractivity contribution in [2.45, 2.75) is 76.7 Å². The van der Waals surface area contributed by atoms with Crippen LogP contribution in [0.2, 0.25) is 0 Å². The molecule has 2 unspecified atom stereocenters. The molecule has 2 amide bonds. The smallest absolute Gasteiger partial charge is 0.453 e. The Bertz CT molecular complexity index is 1480. The maximum Gasteiger partial charge on any atom is 0.494 e. The number of fused-ring (bicyclic) bond motifs is 1. The van der Waals surface area contributed by atoms with E-state index < -0.39 is 30.5 Å². The fourth-order valence-corrected chi connectivity index (χ4v) is 6.32. The van der Waals surface area contributed by atoms with E-state index in [4.69, 9.17) is 23.8 Å². The topological polar surface area (TPSA) is 115 Å². The molecule has 0 spiro atoms. The zero-order valence-electron chi connectivity index (χ0n) is 25.6. The van der Waals surface area contributed by atoms with Gasteiger partial charge in [-0.15, -0.1) is 0 Å². The third-order valence-electron chi connectivity index (χ3n) is 9.61. The lowest BCUT2D eigenvalue weighted by Crippen LogP contribution is -2.53. The molecule has 0 saturated carbocycles. The van der Waals surface area contributed by atoms with E-state index in [-0.39, 0.29) is 17.9 Å². The molecule has 228 valence electrons. The highest BCUT2D eigenvalue weighted by molar-refractivity contribution is 6.62. The van der Waals surface area contributed by atoms with E-state index in [0.29, 0.717) is 32.6 Å². The molecule has 0 radical (unpaired) electrons. The number of nitrogens with zero attached hydrogens (tertiary/aromatic N) is 2. The minimum absolute atomic E-state index is 0.00310. The van der Waals surface area contributed by atoms with Crippen LogP contribution in [-0.2, 0) is 23.6 Å². The number of imidazole rings is 1. The van der Waals surface area contributed by atoms with Crippen molar-refractivity contribution >= 4 is 35.4 Å². The predicted molar refractivity (Wildman–Crippen MR) is 164 cm³/mol. The number of carbonyl (C=O) groups excluding carboxylic acids is 2. The Morgan fingerprint density at radius 3 is 2.47 bits per heavy atom. The first kappa shape index (κ1) is 29.7. The fraction of sp³-hybridized carbons (Fsp3) is 0.531. The summed E-state index contributed by atoms with van der Waals surface area (Å²) in [6.07, 6.45) is 4.33. The molecule has 2 N–H and O–H groups in total. The first-order valence-corrected chi connectivity index (χ1v) is 15.2. The second kappa shape index (κ2) is 11.6. The zero-order valence-corrected chi connectivity index (χ0v) is 25.6. The van der Waals surface area contributed by atoms with Gasteiger partial charge in [0.05, 0.1) is 36.2 Å². The molecular weight excluding hydrogens is 547 g/mol. The summed E-state index contributed by atoms with van der Waals surface area (Å²) in [6.45, 7) is 10.0. The zero-order chi connectivity index (χ0) is 30.4. The van der Waals surface area contributed by atoms with E-state index in [1.807, 2.05) is 11.1 Å². The molecule has 3 aliphatic rings. The highest BCUT2D eigenvalue weighted by Gasteiger charge is 2.51. The van der Waals surface area contributed by atoms with E-state index in [0.717, 1.165) is 46.2 Å². The lowest BCUT2D eigenvalue weighted by atomic mass is 9.78. The van der Waals surface area contributed by atoms with Gasteiger partial charge in [0.15, 0.2) is 0 Å². The largest absolute Gasteiger partial charge is 0.494 e. The summed E-state index contributed by atoms with van der Waals surface area (Å²) >= 11 is 0. The Morgan fingerprint density at radius 1 is 1.05 bits per heavy atom. The fourth-order valence-electron chi connectivity index (χ4n) is 6.32. The number of nitrogens with one attached hydrogen (secondary N) is 2. The lowest BCUT2D eigenvalue weighted by molar-refractivity contribution is -0.136. The summed E-state index contributed by atoms with van der Waals surface area (Å²) in [7, 11) is 0.908. The van der Waals surface area contributed by atoms with Gasteiger partial charge in [0.1, 0.15) is 11.9 Å². The predicted octanol–water partition coefficient (Wildman–Crippen LogP) is 4.34. The van der Waals surface area contributed by atoms with Crippen LogP contribution in [0.3, 0.4) is 0 Å². The maximum atomic E-state index is 13.9. The van der Waals surface area contributed by atoms with Gasteiger partial charge in [-0.2, -0.15) is 0 Å². The molecule has 6 rings (SSSR count). The van der Waals surface area contributed by atoms with Gasteiger partial charge in [-0.25, -0.2) is 9.78 Å². The normalized spacial score (nSPS) is 22.6. The van der Waals surface area contributed by atoms with Crippen molar-refractivity contribution in [3.05, 3.63) is 48.4 Å². The van der Waals surface area contributed by atoms with Crippen molar-refractivity contribution in [3.63, 3.8) is 0 Å². The Morgan fingerprint density at radius 2 is 1.74 bits per heavy atom. The molecule has 0 bridgehead atoms.